The molecule has 0 amide bonds. The maximum atomic E-state index is 13.8. The molecule has 0 saturated carbocycles. The summed E-state index contributed by atoms with van der Waals surface area (Å²) in [5.41, 5.74) is -0.191. The van der Waals surface area contributed by atoms with E-state index in [-0.39, 0.29) is 36.0 Å². The number of ether oxygens (including phenoxy) is 2. The van der Waals surface area contributed by atoms with E-state index >= 15 is 0 Å². The van der Waals surface area contributed by atoms with Gasteiger partial charge in [-0.3, -0.25) is 0 Å². The lowest BCUT2D eigenvalue weighted by Gasteiger charge is -2.14. The Kier molecular flexibility index (Phi) is 8.35. The summed E-state index contributed by atoms with van der Waals surface area (Å²) < 4.78 is 65.5. The molecule has 10 heteroatoms. The number of nitrogens with zero attached hydrogens (tertiary/aromatic N) is 1. The summed E-state index contributed by atoms with van der Waals surface area (Å²) >= 11 is 0. The van der Waals surface area contributed by atoms with Crippen LogP contribution in [-0.2, 0) is 6.54 Å². The first-order chi connectivity index (χ1) is 13.5. The zero-order valence-corrected chi connectivity index (χ0v) is 17.9. The van der Waals surface area contributed by atoms with Crippen LogP contribution in [0, 0.1) is 23.3 Å². The van der Waals surface area contributed by atoms with E-state index in [4.69, 9.17) is 9.47 Å². The molecule has 158 valence electrons. The molecular formula is C19H20F4IN3O2. The molecule has 0 unspecified atom stereocenters. The molecule has 2 N–H and O–H groups in total. The van der Waals surface area contributed by atoms with E-state index in [0.717, 1.165) is 6.42 Å². The van der Waals surface area contributed by atoms with Crippen LogP contribution in [-0.4, -0.2) is 25.7 Å². The van der Waals surface area contributed by atoms with Crippen molar-refractivity contribution in [3.63, 3.8) is 0 Å². The molecule has 2 aromatic rings. The molecule has 0 aliphatic carbocycles. The van der Waals surface area contributed by atoms with Crippen LogP contribution in [0.15, 0.2) is 29.3 Å². The van der Waals surface area contributed by atoms with Crippen LogP contribution in [0.4, 0.5) is 23.2 Å². The van der Waals surface area contributed by atoms with Crippen LogP contribution in [0.1, 0.15) is 18.9 Å². The Morgan fingerprint density at radius 2 is 1.66 bits per heavy atom. The van der Waals surface area contributed by atoms with Gasteiger partial charge in [-0.15, -0.1) is 24.0 Å². The number of guanidine groups is 1. The molecule has 1 aliphatic rings. The smallest absolute Gasteiger partial charge is 0.196 e. The third-order valence-corrected chi connectivity index (χ3v) is 3.95. The molecule has 0 bridgehead atoms. The molecule has 3 rings (SSSR count). The van der Waals surface area contributed by atoms with E-state index in [2.05, 4.69) is 15.6 Å². The fraction of sp³-hybridized carbons (Fsp3) is 0.316. The van der Waals surface area contributed by atoms with E-state index < -0.39 is 35.4 Å². The van der Waals surface area contributed by atoms with Gasteiger partial charge in [-0.25, -0.2) is 22.6 Å². The van der Waals surface area contributed by atoms with Crippen LogP contribution in [0.5, 0.6) is 11.5 Å². The number of rotatable bonds is 4. The molecule has 2 aromatic carbocycles. The van der Waals surface area contributed by atoms with Gasteiger partial charge in [0.25, 0.3) is 0 Å². The molecule has 1 heterocycles. The summed E-state index contributed by atoms with van der Waals surface area (Å²) in [4.78, 5) is 4.02. The molecular weight excluding hydrogens is 505 g/mol. The molecule has 0 fully saturated rings. The van der Waals surface area contributed by atoms with E-state index in [1.54, 1.807) is 25.1 Å². The van der Waals surface area contributed by atoms with Gasteiger partial charge in [0.2, 0.25) is 0 Å². The van der Waals surface area contributed by atoms with E-state index in [1.807, 2.05) is 0 Å². The topological polar surface area (TPSA) is 54.9 Å². The average Bonchev–Trinajstić information content (AvgIpc) is 2.91. The highest BCUT2D eigenvalue weighted by atomic mass is 127. The number of hydrogen-bond acceptors (Lipinski definition) is 3. The Bertz CT molecular complexity index is 870. The van der Waals surface area contributed by atoms with E-state index in [1.165, 1.54) is 0 Å². The second-order valence-corrected chi connectivity index (χ2v) is 5.98. The lowest BCUT2D eigenvalue weighted by Crippen LogP contribution is -2.30. The Balaban J connectivity index is 0.00000300. The number of hydrogen-bond donors (Lipinski definition) is 2. The van der Waals surface area contributed by atoms with Crippen molar-refractivity contribution in [3.05, 3.63) is 53.1 Å². The van der Waals surface area contributed by atoms with E-state index in [9.17, 15) is 17.6 Å². The van der Waals surface area contributed by atoms with Gasteiger partial charge in [0.05, 0.1) is 25.3 Å². The second kappa shape index (κ2) is 10.5. The number of benzene rings is 2. The Morgan fingerprint density at radius 3 is 2.31 bits per heavy atom. The predicted octanol–water partition coefficient (Wildman–Crippen LogP) is 4.60. The largest absolute Gasteiger partial charge is 0.490 e. The molecule has 29 heavy (non-hydrogen) atoms. The fourth-order valence-electron chi connectivity index (χ4n) is 2.60. The summed E-state index contributed by atoms with van der Waals surface area (Å²) in [5, 5.41) is 5.86. The molecule has 1 aliphatic heterocycles. The van der Waals surface area contributed by atoms with Gasteiger partial charge < -0.3 is 20.1 Å². The van der Waals surface area contributed by atoms with Gasteiger partial charge in [-0.1, -0.05) is 0 Å². The van der Waals surface area contributed by atoms with Crippen molar-refractivity contribution in [3.8, 4) is 11.5 Å². The van der Waals surface area contributed by atoms with Crippen molar-refractivity contribution in [2.24, 2.45) is 4.99 Å². The van der Waals surface area contributed by atoms with Crippen LogP contribution >= 0.6 is 24.0 Å². The summed E-state index contributed by atoms with van der Waals surface area (Å²) in [6, 6.07) is 5.33. The zero-order chi connectivity index (χ0) is 20.1. The van der Waals surface area contributed by atoms with E-state index in [0.29, 0.717) is 36.9 Å². The van der Waals surface area contributed by atoms with Gasteiger partial charge in [0, 0.05) is 30.8 Å². The van der Waals surface area contributed by atoms with Crippen molar-refractivity contribution in [1.82, 2.24) is 5.32 Å². The second-order valence-electron chi connectivity index (χ2n) is 5.98. The quantitative estimate of drug-likeness (QED) is 0.202. The van der Waals surface area contributed by atoms with Crippen molar-refractivity contribution in [2.75, 3.05) is 25.1 Å². The summed E-state index contributed by atoms with van der Waals surface area (Å²) in [6.45, 7) is 2.75. The van der Waals surface area contributed by atoms with Crippen molar-refractivity contribution >= 4 is 35.6 Å². The maximum Gasteiger partial charge on any atom is 0.196 e. The predicted molar refractivity (Wildman–Crippen MR) is 112 cm³/mol. The molecule has 5 nitrogen and oxygen atoms in total. The Morgan fingerprint density at radius 1 is 1.00 bits per heavy atom. The minimum absolute atomic E-state index is 0. The van der Waals surface area contributed by atoms with Gasteiger partial charge in [-0.05, 0) is 19.1 Å². The summed E-state index contributed by atoms with van der Waals surface area (Å²) in [6.07, 6.45) is 0.767. The third kappa shape index (κ3) is 5.64. The van der Waals surface area contributed by atoms with Crippen LogP contribution < -0.4 is 20.1 Å². The lowest BCUT2D eigenvalue weighted by molar-refractivity contribution is 0.297. The average molecular weight is 525 g/mol. The minimum atomic E-state index is -1.47. The highest BCUT2D eigenvalue weighted by Crippen LogP contribution is 2.32. The summed E-state index contributed by atoms with van der Waals surface area (Å²) in [7, 11) is 0. The van der Waals surface area contributed by atoms with Crippen LogP contribution in [0.3, 0.4) is 0 Å². The zero-order valence-electron chi connectivity index (χ0n) is 15.5. The first-order valence-electron chi connectivity index (χ1n) is 8.76. The Hall–Kier alpha value is -2.24. The number of halogens is 5. The lowest BCUT2D eigenvalue weighted by atomic mass is 10.2. The normalized spacial score (nSPS) is 13.3. The highest BCUT2D eigenvalue weighted by Gasteiger charge is 2.19. The van der Waals surface area contributed by atoms with Crippen LogP contribution in [0.25, 0.3) is 0 Å². The van der Waals surface area contributed by atoms with Gasteiger partial charge >= 0.3 is 0 Å². The monoisotopic (exact) mass is 525 g/mol. The first-order valence-corrected chi connectivity index (χ1v) is 8.76. The van der Waals surface area contributed by atoms with Crippen molar-refractivity contribution in [2.45, 2.75) is 19.9 Å². The third-order valence-electron chi connectivity index (χ3n) is 3.95. The van der Waals surface area contributed by atoms with Crippen molar-refractivity contribution in [1.29, 1.82) is 0 Å². The molecule has 0 radical (unpaired) electrons. The summed E-state index contributed by atoms with van der Waals surface area (Å²) in [5.74, 6) is -4.51. The van der Waals surface area contributed by atoms with Gasteiger partial charge in [-0.2, -0.15) is 0 Å². The molecule has 0 atom stereocenters. The Labute approximate surface area is 182 Å². The SMILES string of the molecule is CCNC(=NCc1c(F)c(F)cc(F)c1F)Nc1ccc2c(c1)OCCCO2.I. The number of aliphatic imine (C=N–C) groups is 1. The maximum absolute atomic E-state index is 13.8. The first kappa shape index (κ1) is 23.0. The van der Waals surface area contributed by atoms with Gasteiger partial charge in [0.15, 0.2) is 40.7 Å². The molecule has 0 spiro atoms. The molecule has 0 aromatic heterocycles. The number of anilines is 1. The van der Waals surface area contributed by atoms with Crippen LogP contribution in [0.2, 0.25) is 0 Å². The number of fused-ring (bicyclic) bond motifs is 1. The molecule has 0 saturated heterocycles. The van der Waals surface area contributed by atoms with Gasteiger partial charge in [0.1, 0.15) is 0 Å². The fourth-order valence-corrected chi connectivity index (χ4v) is 2.60. The van der Waals surface area contributed by atoms with Crippen molar-refractivity contribution < 1.29 is 27.0 Å². The standard InChI is InChI=1S/C19H19F4N3O2.HI/c1-2-24-19(25-10-12-17(22)13(20)9-14(21)18(12)23)26-11-4-5-15-16(8-11)28-7-3-6-27-15;/h4-5,8-9H,2-3,6-7,10H2,1H3,(H2,24,25,26);1H. The number of nitrogens with one attached hydrogen (secondary N) is 2. The highest BCUT2D eigenvalue weighted by molar-refractivity contribution is 14.0. The minimum Gasteiger partial charge on any atom is -0.490 e.